The lowest BCUT2D eigenvalue weighted by molar-refractivity contribution is 0.0813. The number of hydrogen-bond donors (Lipinski definition) is 1. The van der Waals surface area contributed by atoms with E-state index in [-0.39, 0.29) is 0 Å². The van der Waals surface area contributed by atoms with Crippen molar-refractivity contribution in [3.63, 3.8) is 0 Å². The molecule has 1 aromatic rings. The molecular weight excluding hydrogens is 308 g/mol. The molecular formula is C12H16BrF2NO2. The smallest absolute Gasteiger partial charge is 0.272 e. The van der Waals surface area contributed by atoms with Crippen LogP contribution >= 0.6 is 15.9 Å². The van der Waals surface area contributed by atoms with E-state index in [9.17, 15) is 8.78 Å². The summed E-state index contributed by atoms with van der Waals surface area (Å²) < 4.78 is 35.1. The second-order valence-corrected chi connectivity index (χ2v) is 4.54. The average molecular weight is 324 g/mol. The summed E-state index contributed by atoms with van der Waals surface area (Å²) >= 11 is 3.34. The molecule has 0 aliphatic heterocycles. The van der Waals surface area contributed by atoms with E-state index < -0.39 is 13.0 Å². The minimum atomic E-state index is -2.47. The van der Waals surface area contributed by atoms with Crippen LogP contribution in [0.15, 0.2) is 22.7 Å². The molecule has 0 bridgehead atoms. The van der Waals surface area contributed by atoms with Crippen LogP contribution in [0.2, 0.25) is 0 Å². The normalized spacial score (nSPS) is 10.9. The van der Waals surface area contributed by atoms with E-state index in [1.165, 1.54) is 0 Å². The van der Waals surface area contributed by atoms with Crippen LogP contribution in [0.3, 0.4) is 0 Å². The zero-order valence-electron chi connectivity index (χ0n) is 10.1. The van der Waals surface area contributed by atoms with Gasteiger partial charge in [0.1, 0.15) is 12.4 Å². The van der Waals surface area contributed by atoms with Crippen LogP contribution in [0.25, 0.3) is 0 Å². The Morgan fingerprint density at radius 2 is 2.17 bits per heavy atom. The Kier molecular flexibility index (Phi) is 7.15. The summed E-state index contributed by atoms with van der Waals surface area (Å²) in [6.07, 6.45) is -2.47. The molecule has 6 heteroatoms. The van der Waals surface area contributed by atoms with Crippen molar-refractivity contribution in [3.8, 4) is 5.75 Å². The highest BCUT2D eigenvalue weighted by Crippen LogP contribution is 2.23. The van der Waals surface area contributed by atoms with Crippen LogP contribution in [-0.2, 0) is 11.3 Å². The molecule has 0 atom stereocenters. The summed E-state index contributed by atoms with van der Waals surface area (Å²) in [6, 6.07) is 5.29. The van der Waals surface area contributed by atoms with E-state index in [1.54, 1.807) is 19.2 Å². The maximum atomic E-state index is 12.1. The summed E-state index contributed by atoms with van der Waals surface area (Å²) in [5.41, 5.74) is 0.834. The molecule has 0 aliphatic carbocycles. The Morgan fingerprint density at radius 3 is 2.83 bits per heavy atom. The maximum Gasteiger partial charge on any atom is 0.272 e. The first-order valence-corrected chi connectivity index (χ1v) is 6.32. The molecule has 0 saturated carbocycles. The number of benzene rings is 1. The minimum absolute atomic E-state index is 0.475. The van der Waals surface area contributed by atoms with E-state index in [1.807, 2.05) is 6.07 Å². The molecule has 0 spiro atoms. The quantitative estimate of drug-likeness (QED) is 0.746. The number of methoxy groups -OCH3 is 1. The van der Waals surface area contributed by atoms with Crippen molar-refractivity contribution in [2.45, 2.75) is 13.0 Å². The molecule has 1 aromatic carbocycles. The van der Waals surface area contributed by atoms with Crippen molar-refractivity contribution >= 4 is 15.9 Å². The lowest BCUT2D eigenvalue weighted by Gasteiger charge is -2.12. The molecule has 18 heavy (non-hydrogen) atoms. The van der Waals surface area contributed by atoms with Crippen molar-refractivity contribution in [1.82, 2.24) is 5.32 Å². The van der Waals surface area contributed by atoms with Gasteiger partial charge in [0.15, 0.2) is 0 Å². The molecule has 0 saturated heterocycles. The first-order valence-electron chi connectivity index (χ1n) is 5.52. The van der Waals surface area contributed by atoms with Crippen LogP contribution in [0.1, 0.15) is 5.56 Å². The van der Waals surface area contributed by atoms with Gasteiger partial charge in [-0.2, -0.15) is 0 Å². The van der Waals surface area contributed by atoms with Gasteiger partial charge >= 0.3 is 0 Å². The van der Waals surface area contributed by atoms with Gasteiger partial charge in [-0.25, -0.2) is 8.78 Å². The van der Waals surface area contributed by atoms with Crippen LogP contribution < -0.4 is 10.1 Å². The molecule has 0 unspecified atom stereocenters. The molecule has 0 aliphatic rings. The van der Waals surface area contributed by atoms with Gasteiger partial charge in [-0.15, -0.1) is 0 Å². The number of rotatable bonds is 8. The highest BCUT2D eigenvalue weighted by atomic mass is 79.9. The molecule has 0 aromatic heterocycles. The highest BCUT2D eigenvalue weighted by Gasteiger charge is 2.08. The Hall–Kier alpha value is -0.720. The second-order valence-electron chi connectivity index (χ2n) is 3.62. The predicted octanol–water partition coefficient (Wildman–Crippen LogP) is 2.83. The van der Waals surface area contributed by atoms with Crippen molar-refractivity contribution in [2.75, 3.05) is 26.9 Å². The van der Waals surface area contributed by atoms with Gasteiger partial charge in [-0.3, -0.25) is 0 Å². The van der Waals surface area contributed by atoms with Gasteiger partial charge < -0.3 is 14.8 Å². The van der Waals surface area contributed by atoms with E-state index in [0.717, 1.165) is 10.0 Å². The number of alkyl halides is 2. The summed E-state index contributed by atoms with van der Waals surface area (Å²) in [5.74, 6) is 0.475. The van der Waals surface area contributed by atoms with Crippen molar-refractivity contribution in [1.29, 1.82) is 0 Å². The third-order valence-corrected chi connectivity index (χ3v) is 2.68. The second kappa shape index (κ2) is 8.39. The maximum absolute atomic E-state index is 12.1. The van der Waals surface area contributed by atoms with Crippen LogP contribution in [-0.4, -0.2) is 33.3 Å². The van der Waals surface area contributed by atoms with Crippen molar-refractivity contribution < 1.29 is 18.3 Å². The predicted molar refractivity (Wildman–Crippen MR) is 69.2 cm³/mol. The van der Waals surface area contributed by atoms with Gasteiger partial charge in [-0.1, -0.05) is 15.9 Å². The van der Waals surface area contributed by atoms with E-state index in [0.29, 0.717) is 25.4 Å². The molecule has 1 N–H and O–H groups in total. The zero-order chi connectivity index (χ0) is 13.4. The van der Waals surface area contributed by atoms with Crippen molar-refractivity contribution in [2.24, 2.45) is 0 Å². The van der Waals surface area contributed by atoms with Crippen LogP contribution in [0.5, 0.6) is 5.75 Å². The average Bonchev–Trinajstić information content (AvgIpc) is 2.33. The molecule has 0 heterocycles. The molecule has 0 fully saturated rings. The number of ether oxygens (including phenoxy) is 2. The minimum Gasteiger partial charge on any atom is -0.487 e. The molecule has 1 rings (SSSR count). The molecule has 3 nitrogen and oxygen atoms in total. The van der Waals surface area contributed by atoms with Crippen molar-refractivity contribution in [3.05, 3.63) is 28.2 Å². The monoisotopic (exact) mass is 323 g/mol. The fraction of sp³-hybridized carbons (Fsp3) is 0.500. The number of nitrogens with one attached hydrogen (secondary N) is 1. The fourth-order valence-electron chi connectivity index (χ4n) is 1.38. The fourth-order valence-corrected chi connectivity index (χ4v) is 1.79. The first kappa shape index (κ1) is 15.3. The Balaban J connectivity index is 2.58. The first-order chi connectivity index (χ1) is 8.63. The Bertz CT molecular complexity index is 364. The molecule has 102 valence electrons. The standard InChI is InChI=1S/C12H16BrF2NO2/c1-17-5-4-16-7-9-6-10(13)2-3-11(9)18-8-12(14)15/h2-3,6,12,16H,4-5,7-8H2,1H3. The van der Waals surface area contributed by atoms with E-state index >= 15 is 0 Å². The van der Waals surface area contributed by atoms with Crippen LogP contribution in [0, 0.1) is 0 Å². The lowest BCUT2D eigenvalue weighted by Crippen LogP contribution is -2.19. The summed E-state index contributed by atoms with van der Waals surface area (Å²) in [5, 5.41) is 3.14. The largest absolute Gasteiger partial charge is 0.487 e. The third-order valence-electron chi connectivity index (χ3n) is 2.19. The molecule has 0 radical (unpaired) electrons. The van der Waals surface area contributed by atoms with Crippen LogP contribution in [0.4, 0.5) is 8.78 Å². The molecule has 0 amide bonds. The topological polar surface area (TPSA) is 30.5 Å². The lowest BCUT2D eigenvalue weighted by atomic mass is 10.2. The summed E-state index contributed by atoms with van der Waals surface area (Å²) in [4.78, 5) is 0. The summed E-state index contributed by atoms with van der Waals surface area (Å²) in [7, 11) is 1.62. The van der Waals surface area contributed by atoms with Gasteiger partial charge in [-0.05, 0) is 18.2 Å². The highest BCUT2D eigenvalue weighted by molar-refractivity contribution is 9.10. The Labute approximate surface area is 114 Å². The zero-order valence-corrected chi connectivity index (χ0v) is 11.7. The van der Waals surface area contributed by atoms with E-state index in [2.05, 4.69) is 21.2 Å². The Morgan fingerprint density at radius 1 is 1.39 bits per heavy atom. The third kappa shape index (κ3) is 5.75. The van der Waals surface area contributed by atoms with Gasteiger partial charge in [0.05, 0.1) is 6.61 Å². The summed E-state index contributed by atoms with van der Waals surface area (Å²) in [6.45, 7) is 1.24. The van der Waals surface area contributed by atoms with Gasteiger partial charge in [0.2, 0.25) is 0 Å². The van der Waals surface area contributed by atoms with Gasteiger partial charge in [0.25, 0.3) is 6.43 Å². The number of halogens is 3. The van der Waals surface area contributed by atoms with Gasteiger partial charge in [0, 0.05) is 30.2 Å². The number of hydrogen-bond acceptors (Lipinski definition) is 3. The SMILES string of the molecule is COCCNCc1cc(Br)ccc1OCC(F)F. The van der Waals surface area contributed by atoms with E-state index in [4.69, 9.17) is 9.47 Å².